The predicted molar refractivity (Wildman–Crippen MR) is 158 cm³/mol. The fraction of sp³-hybridized carbons (Fsp3) is 0.222. The highest BCUT2D eigenvalue weighted by Crippen LogP contribution is 2.28. The van der Waals surface area contributed by atoms with Gasteiger partial charge in [0.15, 0.2) is 0 Å². The summed E-state index contributed by atoms with van der Waals surface area (Å²) >= 11 is 12.3. The van der Waals surface area contributed by atoms with E-state index in [0.29, 0.717) is 36.5 Å². The fourth-order valence-corrected chi connectivity index (χ4v) is 6.69. The number of carbonyl (C=O) groups is 3. The van der Waals surface area contributed by atoms with Crippen LogP contribution in [0.2, 0.25) is 10.0 Å². The standard InChI is InChI=1S/C27H28Cl2N6O4S/c1-4-23(36)31-17-7-5-8-19(15-17)40(3,39)35-13-11-18(12-14-35)34(2)27(38)25-22(16-30-33-25)32-26(37)24-20(28)9-6-10-21(24)29/h4-10,15-16,18H,1,3,11-14H2,2H3,(H,30,33)(H,31,36)(H,32,37). The molecule has 3 N–H and O–H groups in total. The van der Waals surface area contributed by atoms with Crippen LogP contribution in [0.15, 0.2) is 66.2 Å². The summed E-state index contributed by atoms with van der Waals surface area (Å²) in [7, 11) is -1.15. The van der Waals surface area contributed by atoms with Gasteiger partial charge in [-0.25, -0.2) is 8.51 Å². The molecular weight excluding hydrogens is 575 g/mol. The van der Waals surface area contributed by atoms with E-state index in [1.165, 1.54) is 6.20 Å². The van der Waals surface area contributed by atoms with Gasteiger partial charge in [-0.3, -0.25) is 19.5 Å². The highest BCUT2D eigenvalue weighted by Gasteiger charge is 2.31. The molecule has 3 aromatic rings. The van der Waals surface area contributed by atoms with Crippen LogP contribution >= 0.6 is 23.2 Å². The first-order chi connectivity index (χ1) is 19.0. The second kappa shape index (κ2) is 12.3. The number of nitrogens with zero attached hydrogens (tertiary/aromatic N) is 3. The highest BCUT2D eigenvalue weighted by atomic mass is 35.5. The third-order valence-electron chi connectivity index (χ3n) is 6.66. The maximum atomic E-state index is 13.7. The number of amides is 3. The zero-order valence-electron chi connectivity index (χ0n) is 21.7. The summed E-state index contributed by atoms with van der Waals surface area (Å²) in [4.78, 5) is 39.9. The van der Waals surface area contributed by atoms with E-state index in [-0.39, 0.29) is 44.8 Å². The van der Waals surface area contributed by atoms with Crippen LogP contribution in [0.1, 0.15) is 33.7 Å². The van der Waals surface area contributed by atoms with Crippen molar-refractivity contribution in [2.75, 3.05) is 30.8 Å². The molecule has 1 aliphatic rings. The van der Waals surface area contributed by atoms with Crippen molar-refractivity contribution in [1.29, 1.82) is 0 Å². The number of aromatic nitrogens is 2. The number of rotatable bonds is 8. The van der Waals surface area contributed by atoms with E-state index >= 15 is 0 Å². The molecule has 4 rings (SSSR count). The van der Waals surface area contributed by atoms with Gasteiger partial charge in [-0.2, -0.15) is 5.10 Å². The summed E-state index contributed by atoms with van der Waals surface area (Å²) < 4.78 is 15.5. The molecule has 0 aliphatic carbocycles. The first-order valence-electron chi connectivity index (χ1n) is 12.2. The number of anilines is 2. The Hall–Kier alpha value is -3.64. The predicted octanol–water partition coefficient (Wildman–Crippen LogP) is 4.32. The Morgan fingerprint density at radius 3 is 2.42 bits per heavy atom. The molecule has 1 aromatic heterocycles. The first-order valence-corrected chi connectivity index (χ1v) is 14.7. The summed E-state index contributed by atoms with van der Waals surface area (Å²) in [6.45, 7) is 4.31. The van der Waals surface area contributed by atoms with Gasteiger partial charge in [0.1, 0.15) is 5.69 Å². The number of nitrogens with one attached hydrogen (secondary N) is 3. The molecule has 1 unspecified atom stereocenters. The lowest BCUT2D eigenvalue weighted by Gasteiger charge is -2.37. The zero-order valence-corrected chi connectivity index (χ0v) is 24.0. The molecule has 2 heterocycles. The summed E-state index contributed by atoms with van der Waals surface area (Å²) in [5.74, 6) is 2.70. The van der Waals surface area contributed by atoms with E-state index in [4.69, 9.17) is 23.2 Å². The molecule has 0 spiro atoms. The molecule has 40 heavy (non-hydrogen) atoms. The zero-order chi connectivity index (χ0) is 29.0. The Kier molecular flexibility index (Phi) is 8.99. The summed E-state index contributed by atoms with van der Waals surface area (Å²) in [5.41, 5.74) is 0.898. The third-order valence-corrected chi connectivity index (χ3v) is 9.47. The van der Waals surface area contributed by atoms with E-state index in [9.17, 15) is 18.6 Å². The number of hydrogen-bond acceptors (Lipinski definition) is 5. The maximum Gasteiger partial charge on any atom is 0.274 e. The van der Waals surface area contributed by atoms with Gasteiger partial charge in [-0.15, -0.1) is 0 Å². The molecule has 1 saturated heterocycles. The molecule has 2 aromatic carbocycles. The van der Waals surface area contributed by atoms with Gasteiger partial charge in [-0.05, 0) is 55.1 Å². The van der Waals surface area contributed by atoms with Gasteiger partial charge in [0.25, 0.3) is 11.8 Å². The van der Waals surface area contributed by atoms with Crippen molar-refractivity contribution in [2.24, 2.45) is 0 Å². The lowest BCUT2D eigenvalue weighted by atomic mass is 10.0. The quantitative estimate of drug-likeness (QED) is 0.261. The van der Waals surface area contributed by atoms with Crippen molar-refractivity contribution in [2.45, 2.75) is 23.8 Å². The molecular formula is C27H28Cl2N6O4S. The number of carbonyl (C=O) groups excluding carboxylic acids is 3. The summed E-state index contributed by atoms with van der Waals surface area (Å²) in [6.07, 6.45) is 3.60. The lowest BCUT2D eigenvalue weighted by molar-refractivity contribution is -0.111. The van der Waals surface area contributed by atoms with Gasteiger partial charge in [0.2, 0.25) is 5.91 Å². The van der Waals surface area contributed by atoms with Gasteiger partial charge in [0, 0.05) is 36.8 Å². The Bertz CT molecular complexity index is 1540. The van der Waals surface area contributed by atoms with E-state index < -0.39 is 15.6 Å². The maximum absolute atomic E-state index is 13.7. The van der Waals surface area contributed by atoms with Crippen molar-refractivity contribution < 1.29 is 18.6 Å². The highest BCUT2D eigenvalue weighted by molar-refractivity contribution is 7.98. The molecule has 1 atom stereocenters. The van der Waals surface area contributed by atoms with Crippen molar-refractivity contribution >= 4 is 67.9 Å². The van der Waals surface area contributed by atoms with Crippen molar-refractivity contribution in [3.63, 3.8) is 0 Å². The fourth-order valence-electron chi connectivity index (χ4n) is 4.42. The first kappa shape index (κ1) is 29.3. The van der Waals surface area contributed by atoms with E-state index in [0.717, 1.165) is 6.08 Å². The minimum Gasteiger partial charge on any atom is -0.337 e. The van der Waals surface area contributed by atoms with Crippen LogP contribution in [0.4, 0.5) is 11.4 Å². The van der Waals surface area contributed by atoms with Crippen LogP contribution in [0.5, 0.6) is 0 Å². The lowest BCUT2D eigenvalue weighted by Crippen LogP contribution is -2.47. The average Bonchev–Trinajstić information content (AvgIpc) is 3.40. The molecule has 1 aliphatic heterocycles. The Morgan fingerprint density at radius 2 is 1.77 bits per heavy atom. The largest absolute Gasteiger partial charge is 0.337 e. The monoisotopic (exact) mass is 602 g/mol. The molecule has 10 nitrogen and oxygen atoms in total. The van der Waals surface area contributed by atoms with Crippen molar-refractivity contribution in [3.8, 4) is 0 Å². The Labute approximate surface area is 242 Å². The molecule has 0 bridgehead atoms. The second-order valence-electron chi connectivity index (χ2n) is 9.15. The topological polar surface area (TPSA) is 128 Å². The SMILES string of the molecule is C=CC(=O)Nc1cccc(S(=C)(=O)N2CCC(N(C)C(=O)c3[nH]ncc3NC(=O)c3c(Cl)cccc3Cl)CC2)c1. The normalized spacial score (nSPS) is 15.6. The van der Waals surface area contributed by atoms with Crippen LogP contribution in [-0.4, -0.2) is 73.4 Å². The number of aromatic amines is 1. The summed E-state index contributed by atoms with van der Waals surface area (Å²) in [6, 6.07) is 11.3. The average molecular weight is 604 g/mol. The van der Waals surface area contributed by atoms with Gasteiger partial charge >= 0.3 is 0 Å². The van der Waals surface area contributed by atoms with Gasteiger partial charge in [-0.1, -0.05) is 41.9 Å². The number of halogens is 2. The number of hydrogen-bond donors (Lipinski definition) is 3. The summed E-state index contributed by atoms with van der Waals surface area (Å²) in [5, 5.41) is 12.3. The van der Waals surface area contributed by atoms with E-state index in [1.807, 2.05) is 0 Å². The molecule has 1 fully saturated rings. The van der Waals surface area contributed by atoms with Gasteiger partial charge in [0.05, 0.1) is 37.2 Å². The molecule has 0 saturated carbocycles. The number of H-pyrrole nitrogens is 1. The van der Waals surface area contributed by atoms with Crippen LogP contribution in [-0.2, 0) is 14.5 Å². The Morgan fingerprint density at radius 1 is 1.12 bits per heavy atom. The molecule has 3 amide bonds. The van der Waals surface area contributed by atoms with Crippen LogP contribution in [0.25, 0.3) is 0 Å². The van der Waals surface area contributed by atoms with Crippen molar-refractivity contribution in [3.05, 3.63) is 82.6 Å². The minimum atomic E-state index is -2.83. The Balaban J connectivity index is 1.41. The second-order valence-corrected chi connectivity index (χ2v) is 12.2. The number of piperidine rings is 1. The number of benzene rings is 2. The van der Waals surface area contributed by atoms with Crippen molar-refractivity contribution in [1.82, 2.24) is 19.4 Å². The van der Waals surface area contributed by atoms with Gasteiger partial charge < -0.3 is 15.5 Å². The molecule has 13 heteroatoms. The van der Waals surface area contributed by atoms with E-state index in [2.05, 4.69) is 33.3 Å². The molecule has 210 valence electrons. The van der Waals surface area contributed by atoms with Crippen LogP contribution in [0, 0.1) is 0 Å². The van der Waals surface area contributed by atoms with E-state index in [1.54, 1.807) is 58.7 Å². The van der Waals surface area contributed by atoms with Crippen LogP contribution in [0.3, 0.4) is 0 Å². The smallest absolute Gasteiger partial charge is 0.274 e. The third kappa shape index (κ3) is 6.23. The van der Waals surface area contributed by atoms with Crippen LogP contribution < -0.4 is 10.6 Å². The minimum absolute atomic E-state index is 0.0940. The molecule has 0 radical (unpaired) electrons.